The number of alkyl halides is 1. The molecule has 3 nitrogen and oxygen atoms in total. The van der Waals surface area contributed by atoms with Gasteiger partial charge in [0, 0.05) is 12.7 Å². The van der Waals surface area contributed by atoms with Crippen molar-refractivity contribution >= 4 is 27.5 Å². The lowest BCUT2D eigenvalue weighted by Gasteiger charge is -2.19. The second-order valence-electron chi connectivity index (χ2n) is 3.43. The molecule has 0 spiro atoms. The van der Waals surface area contributed by atoms with E-state index in [9.17, 15) is 4.79 Å². The fourth-order valence-electron chi connectivity index (χ4n) is 1.27. The fourth-order valence-corrected chi connectivity index (χ4v) is 1.58. The fraction of sp³-hybridized carbons (Fsp3) is 0.333. The van der Waals surface area contributed by atoms with Crippen LogP contribution in [-0.4, -0.2) is 17.8 Å². The minimum Gasteiger partial charge on any atom is -0.315 e. The number of benzene rings is 1. The average Bonchev–Trinajstić information content (AvgIpc) is 2.36. The average molecular weight is 281 g/mol. The van der Waals surface area contributed by atoms with Gasteiger partial charge in [0.05, 0.1) is 16.5 Å². The van der Waals surface area contributed by atoms with Gasteiger partial charge in [0.1, 0.15) is 0 Å². The zero-order chi connectivity index (χ0) is 12.1. The van der Waals surface area contributed by atoms with E-state index in [1.807, 2.05) is 13.0 Å². The summed E-state index contributed by atoms with van der Waals surface area (Å²) in [6, 6.07) is 8.99. The van der Waals surface area contributed by atoms with E-state index in [0.29, 0.717) is 5.56 Å². The van der Waals surface area contributed by atoms with Crippen LogP contribution in [0, 0.1) is 11.3 Å². The van der Waals surface area contributed by atoms with Crippen molar-refractivity contribution in [3.8, 4) is 6.07 Å². The molecule has 0 heterocycles. The van der Waals surface area contributed by atoms with E-state index >= 15 is 0 Å². The van der Waals surface area contributed by atoms with Gasteiger partial charge in [-0.1, -0.05) is 22.9 Å². The van der Waals surface area contributed by atoms with Gasteiger partial charge in [-0.25, -0.2) is 0 Å². The Morgan fingerprint density at radius 2 is 2.06 bits per heavy atom. The first kappa shape index (κ1) is 12.7. The summed E-state index contributed by atoms with van der Waals surface area (Å²) in [5.41, 5.74) is 1.39. The Kier molecular flexibility index (Phi) is 4.51. The highest BCUT2D eigenvalue weighted by Gasteiger charge is 2.18. The second-order valence-corrected chi connectivity index (χ2v) is 4.54. The van der Waals surface area contributed by atoms with E-state index in [-0.39, 0.29) is 10.7 Å². The molecule has 0 saturated heterocycles. The summed E-state index contributed by atoms with van der Waals surface area (Å²) in [4.78, 5) is 13.3. The van der Waals surface area contributed by atoms with Crippen molar-refractivity contribution in [3.63, 3.8) is 0 Å². The zero-order valence-electron chi connectivity index (χ0n) is 9.27. The molecule has 1 aromatic carbocycles. The molecule has 1 unspecified atom stereocenters. The van der Waals surface area contributed by atoms with Crippen LogP contribution in [0.4, 0.5) is 5.69 Å². The third kappa shape index (κ3) is 2.83. The summed E-state index contributed by atoms with van der Waals surface area (Å²) in [5, 5.41) is 8.66. The van der Waals surface area contributed by atoms with Crippen molar-refractivity contribution < 1.29 is 4.79 Å². The number of carbonyl (C=O) groups excluding carboxylic acids is 1. The van der Waals surface area contributed by atoms with Gasteiger partial charge < -0.3 is 4.90 Å². The normalized spacial score (nSPS) is 11.6. The number of nitrogens with zero attached hydrogens (tertiary/aromatic N) is 2. The predicted molar refractivity (Wildman–Crippen MR) is 67.6 cm³/mol. The minimum absolute atomic E-state index is 0.0206. The number of nitriles is 1. The van der Waals surface area contributed by atoms with Gasteiger partial charge in [-0.2, -0.15) is 5.26 Å². The Morgan fingerprint density at radius 1 is 1.50 bits per heavy atom. The quantitative estimate of drug-likeness (QED) is 0.799. The zero-order valence-corrected chi connectivity index (χ0v) is 10.9. The Balaban J connectivity index is 2.84. The minimum atomic E-state index is -0.159. The van der Waals surface area contributed by atoms with E-state index in [4.69, 9.17) is 5.26 Å². The van der Waals surface area contributed by atoms with Gasteiger partial charge in [-0.05, 0) is 30.7 Å². The highest BCUT2D eigenvalue weighted by molar-refractivity contribution is 9.10. The van der Waals surface area contributed by atoms with Crippen LogP contribution in [0.2, 0.25) is 0 Å². The monoisotopic (exact) mass is 280 g/mol. The Morgan fingerprint density at radius 3 is 2.50 bits per heavy atom. The molecule has 0 aliphatic heterocycles. The van der Waals surface area contributed by atoms with Gasteiger partial charge in [0.15, 0.2) is 0 Å². The summed E-state index contributed by atoms with van der Waals surface area (Å²) in [6.07, 6.45) is 0.749. The van der Waals surface area contributed by atoms with Crippen molar-refractivity contribution in [2.24, 2.45) is 0 Å². The van der Waals surface area contributed by atoms with Crippen LogP contribution in [0.1, 0.15) is 18.9 Å². The predicted octanol–water partition coefficient (Wildman–Crippen LogP) is 2.69. The molecule has 1 amide bonds. The molecule has 0 aliphatic carbocycles. The van der Waals surface area contributed by atoms with Gasteiger partial charge in [0.2, 0.25) is 5.91 Å². The van der Waals surface area contributed by atoms with Gasteiger partial charge in [0.25, 0.3) is 0 Å². The summed E-state index contributed by atoms with van der Waals surface area (Å²) in [5.74, 6) is 0.0206. The first-order valence-electron chi connectivity index (χ1n) is 5.02. The first-order chi connectivity index (χ1) is 7.60. The topological polar surface area (TPSA) is 44.1 Å². The van der Waals surface area contributed by atoms with Crippen LogP contribution in [0.15, 0.2) is 24.3 Å². The maximum atomic E-state index is 11.8. The molecule has 16 heavy (non-hydrogen) atoms. The molecular formula is C12H13BrN2O. The summed E-state index contributed by atoms with van der Waals surface area (Å²) >= 11 is 3.32. The lowest BCUT2D eigenvalue weighted by atomic mass is 10.2. The lowest BCUT2D eigenvalue weighted by molar-refractivity contribution is -0.117. The molecule has 0 N–H and O–H groups in total. The van der Waals surface area contributed by atoms with Crippen molar-refractivity contribution in [2.75, 3.05) is 11.9 Å². The standard InChI is InChI=1S/C12H13BrN2O/c1-3-11(13)12(16)15(2)10-6-4-9(8-14)5-7-10/h4-7,11H,3H2,1-2H3. The molecular weight excluding hydrogens is 268 g/mol. The number of hydrogen-bond acceptors (Lipinski definition) is 2. The van der Waals surface area contributed by atoms with E-state index in [0.717, 1.165) is 12.1 Å². The summed E-state index contributed by atoms with van der Waals surface area (Å²) in [6.45, 7) is 1.95. The van der Waals surface area contributed by atoms with Crippen LogP contribution in [0.3, 0.4) is 0 Å². The van der Waals surface area contributed by atoms with Crippen molar-refractivity contribution in [2.45, 2.75) is 18.2 Å². The molecule has 0 aliphatic rings. The van der Waals surface area contributed by atoms with Crippen LogP contribution >= 0.6 is 15.9 Å². The third-order valence-corrected chi connectivity index (χ3v) is 3.38. The van der Waals surface area contributed by atoms with Gasteiger partial charge in [-0.15, -0.1) is 0 Å². The number of halogens is 1. The molecule has 84 valence electrons. The smallest absolute Gasteiger partial charge is 0.240 e. The molecule has 0 bridgehead atoms. The Hall–Kier alpha value is -1.34. The van der Waals surface area contributed by atoms with E-state index in [1.165, 1.54) is 0 Å². The van der Waals surface area contributed by atoms with Crippen LogP contribution in [0.5, 0.6) is 0 Å². The molecule has 1 rings (SSSR count). The number of rotatable bonds is 3. The Bertz CT molecular complexity index is 408. The number of amides is 1. The maximum Gasteiger partial charge on any atom is 0.240 e. The highest BCUT2D eigenvalue weighted by Crippen LogP contribution is 2.17. The largest absolute Gasteiger partial charge is 0.315 e. The van der Waals surface area contributed by atoms with E-state index < -0.39 is 0 Å². The van der Waals surface area contributed by atoms with Crippen LogP contribution < -0.4 is 4.90 Å². The maximum absolute atomic E-state index is 11.8. The molecule has 0 saturated carbocycles. The SMILES string of the molecule is CCC(Br)C(=O)N(C)c1ccc(C#N)cc1. The molecule has 4 heteroatoms. The Labute approximate surface area is 104 Å². The van der Waals surface area contributed by atoms with Crippen molar-refractivity contribution in [3.05, 3.63) is 29.8 Å². The molecule has 0 radical (unpaired) electrons. The molecule has 0 aromatic heterocycles. The van der Waals surface area contributed by atoms with Gasteiger partial charge in [-0.3, -0.25) is 4.79 Å². The van der Waals surface area contributed by atoms with Crippen LogP contribution in [-0.2, 0) is 4.79 Å². The second kappa shape index (κ2) is 5.66. The number of hydrogen-bond donors (Lipinski definition) is 0. The summed E-state index contributed by atoms with van der Waals surface area (Å²) < 4.78 is 0. The highest BCUT2D eigenvalue weighted by atomic mass is 79.9. The van der Waals surface area contributed by atoms with E-state index in [2.05, 4.69) is 15.9 Å². The molecule has 1 aromatic rings. The number of anilines is 1. The van der Waals surface area contributed by atoms with Crippen molar-refractivity contribution in [1.29, 1.82) is 5.26 Å². The van der Waals surface area contributed by atoms with Crippen LogP contribution in [0.25, 0.3) is 0 Å². The lowest BCUT2D eigenvalue weighted by Crippen LogP contribution is -2.32. The molecule has 1 atom stereocenters. The van der Waals surface area contributed by atoms with Gasteiger partial charge >= 0.3 is 0 Å². The van der Waals surface area contributed by atoms with Crippen molar-refractivity contribution in [1.82, 2.24) is 0 Å². The molecule has 0 fully saturated rings. The van der Waals surface area contributed by atoms with E-state index in [1.54, 1.807) is 36.2 Å². The number of carbonyl (C=O) groups is 1. The third-order valence-electron chi connectivity index (χ3n) is 2.34. The first-order valence-corrected chi connectivity index (χ1v) is 5.93. The summed E-state index contributed by atoms with van der Waals surface area (Å²) in [7, 11) is 1.73.